The van der Waals surface area contributed by atoms with E-state index in [2.05, 4.69) is 36.2 Å². The molecule has 0 aliphatic carbocycles. The number of rotatable bonds is 7. The summed E-state index contributed by atoms with van der Waals surface area (Å²) in [6.45, 7) is 1.87. The summed E-state index contributed by atoms with van der Waals surface area (Å²) in [5, 5.41) is 11.6. The lowest BCUT2D eigenvalue weighted by molar-refractivity contribution is -0.137. The molecule has 1 atom stereocenters. The maximum Gasteiger partial charge on any atom is 0.417 e. The molecule has 4 N–H and O–H groups in total. The van der Waals surface area contributed by atoms with Crippen LogP contribution in [0.15, 0.2) is 90.1 Å². The summed E-state index contributed by atoms with van der Waals surface area (Å²) >= 11 is 5.67. The summed E-state index contributed by atoms with van der Waals surface area (Å²) < 4.78 is 41.5. The predicted octanol–water partition coefficient (Wildman–Crippen LogP) is 6.34. The van der Waals surface area contributed by atoms with Gasteiger partial charge >= 0.3 is 6.18 Å². The number of hydrogen-bond donors (Lipinski definition) is 4. The van der Waals surface area contributed by atoms with Gasteiger partial charge in [0, 0.05) is 41.6 Å². The Balaban J connectivity index is 1.33. The van der Waals surface area contributed by atoms with Gasteiger partial charge in [0.1, 0.15) is 11.6 Å². The Labute approximate surface area is 231 Å². The van der Waals surface area contributed by atoms with E-state index in [1.54, 1.807) is 43.1 Å². The van der Waals surface area contributed by atoms with E-state index in [-0.39, 0.29) is 5.56 Å². The molecule has 0 radical (unpaired) electrons. The summed E-state index contributed by atoms with van der Waals surface area (Å²) in [5.41, 5.74) is 0.605. The van der Waals surface area contributed by atoms with Gasteiger partial charge in [-0.05, 0) is 55.0 Å². The molecule has 0 fully saturated rings. The Morgan fingerprint density at radius 1 is 1.05 bits per heavy atom. The molecular weight excluding hydrogens is 545 g/mol. The smallest absolute Gasteiger partial charge is 0.333 e. The molecule has 204 valence electrons. The van der Waals surface area contributed by atoms with Crippen LogP contribution >= 0.6 is 11.6 Å². The molecule has 2 aromatic carbocycles. The number of aromatic nitrogens is 3. The zero-order valence-electron chi connectivity index (χ0n) is 20.9. The molecule has 0 bridgehead atoms. The van der Waals surface area contributed by atoms with Crippen molar-refractivity contribution >= 4 is 47.0 Å². The number of carbonyl (C=O) groups is 1. The molecule has 1 aliphatic heterocycles. The van der Waals surface area contributed by atoms with Gasteiger partial charge in [0.15, 0.2) is 6.17 Å². The summed E-state index contributed by atoms with van der Waals surface area (Å²) in [6, 6.07) is 13.6. The van der Waals surface area contributed by atoms with Gasteiger partial charge in [-0.2, -0.15) is 13.2 Å². The van der Waals surface area contributed by atoms with Crippen LogP contribution in [0, 0.1) is 6.92 Å². The molecule has 13 heteroatoms. The molecule has 1 unspecified atom stereocenters. The fraction of sp³-hybridized carbons (Fsp3) is 0.111. The molecule has 0 saturated heterocycles. The maximum absolute atomic E-state index is 13.2. The van der Waals surface area contributed by atoms with E-state index in [4.69, 9.17) is 11.6 Å². The van der Waals surface area contributed by atoms with Gasteiger partial charge in [-0.1, -0.05) is 23.7 Å². The van der Waals surface area contributed by atoms with Crippen molar-refractivity contribution in [1.29, 1.82) is 0 Å². The highest BCUT2D eigenvalue weighted by atomic mass is 35.5. The zero-order valence-corrected chi connectivity index (χ0v) is 21.6. The molecule has 4 aromatic rings. The van der Waals surface area contributed by atoms with Crippen molar-refractivity contribution in [3.8, 4) is 0 Å². The minimum atomic E-state index is -4.68. The first kappa shape index (κ1) is 26.8. The van der Waals surface area contributed by atoms with Crippen LogP contribution in [-0.4, -0.2) is 26.8 Å². The Morgan fingerprint density at radius 2 is 1.90 bits per heavy atom. The van der Waals surface area contributed by atoms with Crippen LogP contribution in [0.3, 0.4) is 0 Å². The van der Waals surface area contributed by atoms with Crippen LogP contribution in [0.5, 0.6) is 0 Å². The number of aryl methyl sites for hydroxylation is 1. The van der Waals surface area contributed by atoms with Gasteiger partial charge in [-0.3, -0.25) is 9.36 Å². The van der Waals surface area contributed by atoms with Crippen molar-refractivity contribution in [3.05, 3.63) is 107 Å². The highest BCUT2D eigenvalue weighted by molar-refractivity contribution is 6.31. The molecule has 40 heavy (non-hydrogen) atoms. The third-order valence-electron chi connectivity index (χ3n) is 5.92. The van der Waals surface area contributed by atoms with Crippen molar-refractivity contribution in [1.82, 2.24) is 19.9 Å². The highest BCUT2D eigenvalue weighted by Crippen LogP contribution is 2.35. The first-order valence-corrected chi connectivity index (χ1v) is 12.3. The molecule has 9 nitrogen and oxygen atoms in total. The Morgan fingerprint density at radius 3 is 2.67 bits per heavy atom. The second-order valence-corrected chi connectivity index (χ2v) is 9.12. The normalized spacial score (nSPS) is 14.7. The molecule has 3 heterocycles. The molecule has 0 spiro atoms. The van der Waals surface area contributed by atoms with E-state index in [9.17, 15) is 18.0 Å². The second-order valence-electron chi connectivity index (χ2n) is 8.72. The first-order valence-electron chi connectivity index (χ1n) is 11.9. The summed E-state index contributed by atoms with van der Waals surface area (Å²) in [7, 11) is 0. The van der Waals surface area contributed by atoms with Gasteiger partial charge in [-0.15, -0.1) is 0 Å². The Bertz CT molecular complexity index is 1600. The van der Waals surface area contributed by atoms with Crippen molar-refractivity contribution in [3.63, 3.8) is 0 Å². The molecule has 5 rings (SSSR count). The lowest BCUT2D eigenvalue weighted by Crippen LogP contribution is -2.25. The topological polar surface area (TPSA) is 108 Å². The summed E-state index contributed by atoms with van der Waals surface area (Å²) in [5.74, 6) is 1.13. The number of amides is 1. The standard InChI is InChI=1S/C27H22ClF3N8O/c1-16-5-7-18(36-25(40)17-6-8-20(28)19(12-17)27(29,30)31)13-21(16)37-26-33-10-11-39(26)24-14-23(34-15-35-24)38-22-4-2-3-9-32-22/h2-15,24H,1H3,(H,32,38)(H,33,37)(H,34,35)(H,36,40). The van der Waals surface area contributed by atoms with E-state index in [1.165, 1.54) is 6.07 Å². The van der Waals surface area contributed by atoms with Crippen molar-refractivity contribution in [2.75, 3.05) is 16.0 Å². The summed E-state index contributed by atoms with van der Waals surface area (Å²) in [4.78, 5) is 25.9. The number of benzene rings is 2. The lowest BCUT2D eigenvalue weighted by Gasteiger charge is -2.21. The van der Waals surface area contributed by atoms with Crippen LogP contribution in [-0.2, 0) is 6.18 Å². The van der Waals surface area contributed by atoms with E-state index in [1.807, 2.05) is 35.8 Å². The third-order valence-corrected chi connectivity index (χ3v) is 6.25. The van der Waals surface area contributed by atoms with Gasteiger partial charge < -0.3 is 21.3 Å². The third kappa shape index (κ3) is 6.07. The lowest BCUT2D eigenvalue weighted by atomic mass is 10.1. The highest BCUT2D eigenvalue weighted by Gasteiger charge is 2.33. The number of nitrogens with one attached hydrogen (secondary N) is 4. The van der Waals surface area contributed by atoms with E-state index >= 15 is 0 Å². The molecule has 1 amide bonds. The van der Waals surface area contributed by atoms with Gasteiger partial charge in [0.25, 0.3) is 5.91 Å². The SMILES string of the molecule is Cc1ccc(NC(=O)c2ccc(Cl)c(C(F)(F)F)c2)cc1Nc1nccn1C1C=C(Nc2ccccn2)NC=N1. The number of pyridine rings is 1. The molecule has 2 aromatic heterocycles. The number of aliphatic imine (C=N–C) groups is 1. The van der Waals surface area contributed by atoms with Crippen LogP contribution in [0.4, 0.5) is 36.3 Å². The number of nitrogens with zero attached hydrogens (tertiary/aromatic N) is 4. The molecule has 1 aliphatic rings. The quantitative estimate of drug-likeness (QED) is 0.208. The largest absolute Gasteiger partial charge is 0.417 e. The average molecular weight is 567 g/mol. The molecule has 0 saturated carbocycles. The van der Waals surface area contributed by atoms with E-state index < -0.39 is 28.8 Å². The first-order chi connectivity index (χ1) is 19.2. The van der Waals surface area contributed by atoms with Gasteiger partial charge in [0.05, 0.1) is 16.9 Å². The van der Waals surface area contributed by atoms with Gasteiger partial charge in [-0.25, -0.2) is 15.0 Å². The Hall–Kier alpha value is -4.84. The predicted molar refractivity (Wildman–Crippen MR) is 148 cm³/mol. The number of alkyl halides is 3. The fourth-order valence-electron chi connectivity index (χ4n) is 3.89. The second kappa shape index (κ2) is 11.1. The van der Waals surface area contributed by atoms with E-state index in [0.717, 1.165) is 17.7 Å². The Kier molecular flexibility index (Phi) is 7.43. The minimum Gasteiger partial charge on any atom is -0.333 e. The number of hydrogen-bond acceptors (Lipinski definition) is 7. The van der Waals surface area contributed by atoms with Crippen LogP contribution in [0.25, 0.3) is 0 Å². The van der Waals surface area contributed by atoms with E-state index in [0.29, 0.717) is 29.0 Å². The minimum absolute atomic E-state index is 0.173. The monoisotopic (exact) mass is 566 g/mol. The number of carbonyl (C=O) groups excluding carboxylic acids is 1. The maximum atomic E-state index is 13.2. The van der Waals surface area contributed by atoms with Crippen LogP contribution < -0.4 is 21.3 Å². The van der Waals surface area contributed by atoms with Crippen molar-refractivity contribution in [2.45, 2.75) is 19.3 Å². The number of halogens is 4. The van der Waals surface area contributed by atoms with Crippen LogP contribution in [0.1, 0.15) is 27.7 Å². The van der Waals surface area contributed by atoms with Crippen LogP contribution in [0.2, 0.25) is 5.02 Å². The fourth-order valence-corrected chi connectivity index (χ4v) is 4.12. The zero-order chi connectivity index (χ0) is 28.3. The number of imidazole rings is 1. The van der Waals surface area contributed by atoms with Gasteiger partial charge in [0.2, 0.25) is 5.95 Å². The number of anilines is 4. The summed E-state index contributed by atoms with van der Waals surface area (Å²) in [6.07, 6.45) is 3.41. The molecular formula is C27H22ClF3N8O. The van der Waals surface area contributed by atoms with Crippen molar-refractivity contribution < 1.29 is 18.0 Å². The average Bonchev–Trinajstić information content (AvgIpc) is 3.39. The van der Waals surface area contributed by atoms with Crippen molar-refractivity contribution in [2.24, 2.45) is 4.99 Å².